The number of anilines is 4. The van der Waals surface area contributed by atoms with Crippen LogP contribution in [0.15, 0.2) is 55.4 Å². The van der Waals surface area contributed by atoms with Gasteiger partial charge in [-0.3, -0.25) is 4.68 Å². The van der Waals surface area contributed by atoms with Crippen LogP contribution < -0.4 is 25.2 Å². The normalized spacial score (nSPS) is 17.6. The molecule has 5 heterocycles. The van der Waals surface area contributed by atoms with Crippen LogP contribution in [0.3, 0.4) is 0 Å². The first-order valence-corrected chi connectivity index (χ1v) is 13.2. The lowest BCUT2D eigenvalue weighted by molar-refractivity contribution is 0.0161. The molecule has 2 aliphatic heterocycles. The Morgan fingerprint density at radius 2 is 1.75 bits per heavy atom. The van der Waals surface area contributed by atoms with Crippen LogP contribution >= 0.6 is 0 Å². The minimum absolute atomic E-state index is 0.106. The van der Waals surface area contributed by atoms with Gasteiger partial charge in [0.25, 0.3) is 0 Å². The Hall–Kier alpha value is -4.43. The van der Waals surface area contributed by atoms with Crippen LogP contribution in [0.25, 0.3) is 0 Å². The number of nitrogens with zero attached hydrogens (tertiary/aromatic N) is 9. The number of rotatable bonds is 9. The molecule has 2 saturated heterocycles. The van der Waals surface area contributed by atoms with E-state index in [4.69, 9.17) is 9.47 Å². The molecule has 40 heavy (non-hydrogen) atoms. The van der Waals surface area contributed by atoms with E-state index in [2.05, 4.69) is 50.5 Å². The van der Waals surface area contributed by atoms with Gasteiger partial charge in [-0.1, -0.05) is 0 Å². The summed E-state index contributed by atoms with van der Waals surface area (Å²) in [5.41, 5.74) is 1.64. The smallest absolute Gasteiger partial charge is 0.232 e. The zero-order valence-corrected chi connectivity index (χ0v) is 21.9. The zero-order chi connectivity index (χ0) is 27.1. The molecule has 0 amide bonds. The highest BCUT2D eigenvalue weighted by molar-refractivity contribution is 5.51. The Bertz CT molecular complexity index is 1370. The molecule has 0 spiro atoms. The fourth-order valence-electron chi connectivity index (χ4n) is 4.49. The van der Waals surface area contributed by atoms with Gasteiger partial charge in [0, 0.05) is 63.4 Å². The van der Waals surface area contributed by atoms with Gasteiger partial charge in [-0.25, -0.2) is 24.3 Å². The van der Waals surface area contributed by atoms with Crippen molar-refractivity contribution < 1.29 is 13.9 Å². The van der Waals surface area contributed by atoms with Crippen LogP contribution in [0.1, 0.15) is 5.56 Å². The quantitative estimate of drug-likeness (QED) is 0.316. The molecule has 208 valence electrons. The van der Waals surface area contributed by atoms with E-state index in [1.54, 1.807) is 30.7 Å². The van der Waals surface area contributed by atoms with Crippen molar-refractivity contribution in [1.29, 1.82) is 0 Å². The zero-order valence-electron chi connectivity index (χ0n) is 21.9. The van der Waals surface area contributed by atoms with Gasteiger partial charge >= 0.3 is 0 Å². The van der Waals surface area contributed by atoms with E-state index in [0.717, 1.165) is 50.5 Å². The topological polar surface area (TPSA) is 131 Å². The number of aromatic nitrogens is 7. The SMILES string of the molecule is Fc1ccc(OCc2cnc(N3CCN(c4ncnc(Nc5cnn(CC6CNCCO6)c5)n4)CC3)nc2)cc1. The molecular formula is C26H30FN11O2. The molecule has 2 aliphatic rings. The number of benzene rings is 1. The summed E-state index contributed by atoms with van der Waals surface area (Å²) in [5.74, 6) is 2.03. The Morgan fingerprint density at radius 3 is 2.50 bits per heavy atom. The predicted molar refractivity (Wildman–Crippen MR) is 145 cm³/mol. The third kappa shape index (κ3) is 6.58. The molecular weight excluding hydrogens is 517 g/mol. The molecule has 1 aromatic carbocycles. The number of ether oxygens (including phenoxy) is 2. The number of nitrogens with one attached hydrogen (secondary N) is 2. The molecule has 0 bridgehead atoms. The summed E-state index contributed by atoms with van der Waals surface area (Å²) in [6.45, 7) is 6.30. The average molecular weight is 548 g/mol. The van der Waals surface area contributed by atoms with Gasteiger partial charge in [-0.15, -0.1) is 0 Å². The van der Waals surface area contributed by atoms with Crippen molar-refractivity contribution in [1.82, 2.24) is 40.0 Å². The Balaban J connectivity index is 0.992. The van der Waals surface area contributed by atoms with Crippen molar-refractivity contribution in [2.75, 3.05) is 61.0 Å². The van der Waals surface area contributed by atoms with Crippen LogP contribution in [-0.2, 0) is 17.9 Å². The molecule has 0 saturated carbocycles. The lowest BCUT2D eigenvalue weighted by atomic mass is 10.3. The number of hydrogen-bond donors (Lipinski definition) is 2. The summed E-state index contributed by atoms with van der Waals surface area (Å²) in [7, 11) is 0. The largest absolute Gasteiger partial charge is 0.489 e. The lowest BCUT2D eigenvalue weighted by Gasteiger charge is -2.34. The summed E-state index contributed by atoms with van der Waals surface area (Å²) in [6.07, 6.45) is 8.79. The summed E-state index contributed by atoms with van der Waals surface area (Å²) < 4.78 is 26.3. The molecule has 0 radical (unpaired) electrons. The summed E-state index contributed by atoms with van der Waals surface area (Å²) >= 11 is 0. The van der Waals surface area contributed by atoms with E-state index in [0.29, 0.717) is 43.4 Å². The minimum Gasteiger partial charge on any atom is -0.489 e. The molecule has 2 N–H and O–H groups in total. The van der Waals surface area contributed by atoms with Gasteiger partial charge in [0.1, 0.15) is 24.5 Å². The number of halogens is 1. The summed E-state index contributed by atoms with van der Waals surface area (Å²) in [5, 5.41) is 11.0. The van der Waals surface area contributed by atoms with Gasteiger partial charge in [-0.05, 0) is 24.3 Å². The van der Waals surface area contributed by atoms with Gasteiger partial charge in [-0.2, -0.15) is 10.1 Å². The molecule has 14 heteroatoms. The maximum Gasteiger partial charge on any atom is 0.232 e. The van der Waals surface area contributed by atoms with Crippen LogP contribution in [-0.4, -0.2) is 86.7 Å². The van der Waals surface area contributed by atoms with Crippen LogP contribution in [0.2, 0.25) is 0 Å². The van der Waals surface area contributed by atoms with Crippen molar-refractivity contribution in [3.05, 3.63) is 66.8 Å². The van der Waals surface area contributed by atoms with Crippen molar-refractivity contribution >= 4 is 23.5 Å². The van der Waals surface area contributed by atoms with Crippen molar-refractivity contribution in [3.63, 3.8) is 0 Å². The summed E-state index contributed by atoms with van der Waals surface area (Å²) in [6, 6.07) is 5.92. The van der Waals surface area contributed by atoms with E-state index in [9.17, 15) is 4.39 Å². The molecule has 4 aromatic rings. The first kappa shape index (κ1) is 25.8. The molecule has 2 fully saturated rings. The second kappa shape index (κ2) is 12.2. The fourth-order valence-corrected chi connectivity index (χ4v) is 4.49. The van der Waals surface area contributed by atoms with E-state index in [1.165, 1.54) is 18.5 Å². The van der Waals surface area contributed by atoms with Crippen LogP contribution in [0.5, 0.6) is 5.75 Å². The second-order valence-corrected chi connectivity index (χ2v) is 9.49. The van der Waals surface area contributed by atoms with Crippen molar-refractivity contribution in [2.24, 2.45) is 0 Å². The van der Waals surface area contributed by atoms with Gasteiger partial charge in [0.05, 0.1) is 31.1 Å². The number of morpholine rings is 1. The highest BCUT2D eigenvalue weighted by Crippen LogP contribution is 2.18. The third-order valence-corrected chi connectivity index (χ3v) is 6.60. The molecule has 6 rings (SSSR count). The third-order valence-electron chi connectivity index (χ3n) is 6.60. The van der Waals surface area contributed by atoms with Gasteiger partial charge < -0.3 is 29.9 Å². The van der Waals surface area contributed by atoms with Gasteiger partial charge in [0.15, 0.2) is 0 Å². The Kier molecular flexibility index (Phi) is 7.86. The molecule has 3 aromatic heterocycles. The molecule has 13 nitrogen and oxygen atoms in total. The monoisotopic (exact) mass is 547 g/mol. The lowest BCUT2D eigenvalue weighted by Crippen LogP contribution is -2.47. The van der Waals surface area contributed by atoms with Crippen molar-refractivity contribution in [2.45, 2.75) is 19.3 Å². The highest BCUT2D eigenvalue weighted by Gasteiger charge is 2.21. The average Bonchev–Trinajstić information content (AvgIpc) is 3.44. The van der Waals surface area contributed by atoms with Crippen molar-refractivity contribution in [3.8, 4) is 5.75 Å². The first-order valence-electron chi connectivity index (χ1n) is 13.2. The Morgan fingerprint density at radius 1 is 0.975 bits per heavy atom. The predicted octanol–water partition coefficient (Wildman–Crippen LogP) is 1.63. The van der Waals surface area contributed by atoms with Crippen LogP contribution in [0.4, 0.5) is 27.9 Å². The van der Waals surface area contributed by atoms with E-state index >= 15 is 0 Å². The summed E-state index contributed by atoms with van der Waals surface area (Å²) in [4.78, 5) is 26.5. The van der Waals surface area contributed by atoms with Crippen LogP contribution in [0, 0.1) is 5.82 Å². The maximum atomic E-state index is 13.0. The van der Waals surface area contributed by atoms with E-state index in [1.807, 2.05) is 10.9 Å². The maximum absolute atomic E-state index is 13.0. The fraction of sp³-hybridized carbons (Fsp3) is 0.385. The first-order chi connectivity index (χ1) is 19.7. The molecule has 1 unspecified atom stereocenters. The molecule has 1 atom stereocenters. The minimum atomic E-state index is -0.296. The number of hydrogen-bond acceptors (Lipinski definition) is 12. The Labute approximate surface area is 230 Å². The molecule has 0 aliphatic carbocycles. The number of piperazine rings is 1. The second-order valence-electron chi connectivity index (χ2n) is 9.49. The van der Waals surface area contributed by atoms with E-state index in [-0.39, 0.29) is 11.9 Å². The van der Waals surface area contributed by atoms with E-state index < -0.39 is 0 Å². The highest BCUT2D eigenvalue weighted by atomic mass is 19.1. The van der Waals surface area contributed by atoms with Gasteiger partial charge in [0.2, 0.25) is 17.8 Å². The standard InChI is InChI=1S/C26H30FN11O2/c27-20-1-3-22(4-2-20)40-17-19-11-29-25(30-12-19)36-6-8-37(9-7-36)26-32-18-31-24(35-26)34-21-13-33-38(15-21)16-23-14-28-5-10-39-23/h1-4,11-13,15,18,23,28H,5-10,14,16-17H2,(H,31,32,34,35).